The molecular formula is C14H15NS. The molecule has 0 saturated heterocycles. The molecule has 0 spiro atoms. The molecule has 0 aromatic heterocycles. The molecule has 0 aliphatic carbocycles. The van der Waals surface area contributed by atoms with Crippen LogP contribution in [0.15, 0.2) is 52.3 Å². The lowest BCUT2D eigenvalue weighted by Crippen LogP contribution is -1.86. The lowest BCUT2D eigenvalue weighted by molar-refractivity contribution is 1.33. The van der Waals surface area contributed by atoms with Crippen molar-refractivity contribution in [3.8, 4) is 0 Å². The third-order valence-electron chi connectivity index (χ3n) is 2.33. The zero-order chi connectivity index (χ0) is 11.5. The van der Waals surface area contributed by atoms with Gasteiger partial charge in [-0.05, 0) is 49.7 Å². The maximum absolute atomic E-state index is 5.82. The molecule has 0 unspecified atom stereocenters. The van der Waals surface area contributed by atoms with Crippen molar-refractivity contribution in [3.63, 3.8) is 0 Å². The summed E-state index contributed by atoms with van der Waals surface area (Å²) in [6.45, 7) is 4.16. The van der Waals surface area contributed by atoms with Gasteiger partial charge in [0.15, 0.2) is 0 Å². The topological polar surface area (TPSA) is 26.0 Å². The third-order valence-corrected chi connectivity index (χ3v) is 3.31. The molecule has 0 atom stereocenters. The van der Waals surface area contributed by atoms with Gasteiger partial charge in [0.2, 0.25) is 0 Å². The minimum atomic E-state index is 0.828. The standard InChI is InChI=1S/C14H15NS/c1-10-3-5-13(6-4-10)16-14-8-11(2)7-12(15)9-14/h3-9H,15H2,1-2H3. The van der Waals surface area contributed by atoms with E-state index in [0.717, 1.165) is 5.69 Å². The Kier molecular flexibility index (Phi) is 3.20. The Hall–Kier alpha value is -1.41. The molecule has 0 radical (unpaired) electrons. The van der Waals surface area contributed by atoms with Crippen LogP contribution in [0.2, 0.25) is 0 Å². The molecular weight excluding hydrogens is 214 g/mol. The van der Waals surface area contributed by atoms with Crippen LogP contribution in [0.3, 0.4) is 0 Å². The van der Waals surface area contributed by atoms with E-state index in [1.165, 1.54) is 20.9 Å². The zero-order valence-electron chi connectivity index (χ0n) is 9.53. The maximum atomic E-state index is 5.82. The highest BCUT2D eigenvalue weighted by Crippen LogP contribution is 2.29. The van der Waals surface area contributed by atoms with Crippen LogP contribution < -0.4 is 5.73 Å². The number of hydrogen-bond donors (Lipinski definition) is 1. The molecule has 0 aliphatic rings. The first-order chi connectivity index (χ1) is 7.63. The van der Waals surface area contributed by atoms with Crippen LogP contribution in [-0.2, 0) is 0 Å². The highest BCUT2D eigenvalue weighted by Gasteiger charge is 1.99. The highest BCUT2D eigenvalue weighted by atomic mass is 32.2. The van der Waals surface area contributed by atoms with Gasteiger partial charge < -0.3 is 5.73 Å². The Morgan fingerprint density at radius 2 is 1.50 bits per heavy atom. The number of aryl methyl sites for hydroxylation is 2. The first-order valence-electron chi connectivity index (χ1n) is 5.25. The van der Waals surface area contributed by atoms with E-state index in [4.69, 9.17) is 5.73 Å². The minimum absolute atomic E-state index is 0.828. The van der Waals surface area contributed by atoms with Crippen molar-refractivity contribution in [2.24, 2.45) is 0 Å². The molecule has 2 aromatic rings. The number of rotatable bonds is 2. The number of hydrogen-bond acceptors (Lipinski definition) is 2. The monoisotopic (exact) mass is 229 g/mol. The van der Waals surface area contributed by atoms with E-state index in [9.17, 15) is 0 Å². The Morgan fingerprint density at radius 3 is 2.12 bits per heavy atom. The number of nitrogens with two attached hydrogens (primary N) is 1. The molecule has 0 amide bonds. The first-order valence-corrected chi connectivity index (χ1v) is 6.07. The Bertz CT molecular complexity index is 468. The van der Waals surface area contributed by atoms with Crippen molar-refractivity contribution < 1.29 is 0 Å². The van der Waals surface area contributed by atoms with Crippen molar-refractivity contribution in [2.75, 3.05) is 5.73 Å². The van der Waals surface area contributed by atoms with E-state index in [0.29, 0.717) is 0 Å². The van der Waals surface area contributed by atoms with Crippen molar-refractivity contribution in [3.05, 3.63) is 53.6 Å². The molecule has 16 heavy (non-hydrogen) atoms. The van der Waals surface area contributed by atoms with Gasteiger partial charge in [-0.25, -0.2) is 0 Å². The Labute approximate surface area is 101 Å². The molecule has 2 aromatic carbocycles. The van der Waals surface area contributed by atoms with E-state index >= 15 is 0 Å². The van der Waals surface area contributed by atoms with Gasteiger partial charge in [-0.3, -0.25) is 0 Å². The van der Waals surface area contributed by atoms with Crippen LogP contribution in [0.5, 0.6) is 0 Å². The van der Waals surface area contributed by atoms with E-state index < -0.39 is 0 Å². The van der Waals surface area contributed by atoms with Crippen molar-refractivity contribution in [1.29, 1.82) is 0 Å². The van der Waals surface area contributed by atoms with Gasteiger partial charge in [0.1, 0.15) is 0 Å². The molecule has 2 heteroatoms. The van der Waals surface area contributed by atoms with Crippen molar-refractivity contribution in [2.45, 2.75) is 23.6 Å². The van der Waals surface area contributed by atoms with E-state index in [-0.39, 0.29) is 0 Å². The summed E-state index contributed by atoms with van der Waals surface area (Å²) in [5.41, 5.74) is 9.14. The third kappa shape index (κ3) is 2.80. The second-order valence-corrected chi connectivity index (χ2v) is 5.14. The minimum Gasteiger partial charge on any atom is -0.399 e. The van der Waals surface area contributed by atoms with E-state index in [2.05, 4.69) is 44.2 Å². The SMILES string of the molecule is Cc1ccc(Sc2cc(C)cc(N)c2)cc1. The molecule has 0 saturated carbocycles. The van der Waals surface area contributed by atoms with Crippen LogP contribution in [0.4, 0.5) is 5.69 Å². The zero-order valence-corrected chi connectivity index (χ0v) is 10.3. The second kappa shape index (κ2) is 4.62. The number of nitrogen functional groups attached to an aromatic ring is 1. The molecule has 2 N–H and O–H groups in total. The van der Waals surface area contributed by atoms with Gasteiger partial charge >= 0.3 is 0 Å². The summed E-state index contributed by atoms with van der Waals surface area (Å²) in [4.78, 5) is 2.44. The predicted octanol–water partition coefficient (Wildman–Crippen LogP) is 4.04. The van der Waals surface area contributed by atoms with Crippen LogP contribution in [-0.4, -0.2) is 0 Å². The summed E-state index contributed by atoms with van der Waals surface area (Å²) in [7, 11) is 0. The van der Waals surface area contributed by atoms with Gasteiger partial charge in [-0.2, -0.15) is 0 Å². The summed E-state index contributed by atoms with van der Waals surface area (Å²) < 4.78 is 0. The van der Waals surface area contributed by atoms with Gasteiger partial charge in [0.25, 0.3) is 0 Å². The van der Waals surface area contributed by atoms with Gasteiger partial charge in [-0.1, -0.05) is 29.5 Å². The lowest BCUT2D eigenvalue weighted by Gasteiger charge is -2.05. The fourth-order valence-corrected chi connectivity index (χ4v) is 2.56. The molecule has 82 valence electrons. The lowest BCUT2D eigenvalue weighted by atomic mass is 10.2. The summed E-state index contributed by atoms with van der Waals surface area (Å²) in [6.07, 6.45) is 0. The molecule has 2 rings (SSSR count). The number of anilines is 1. The summed E-state index contributed by atoms with van der Waals surface area (Å²) in [5, 5.41) is 0. The molecule has 1 nitrogen and oxygen atoms in total. The van der Waals surface area contributed by atoms with E-state index in [1.54, 1.807) is 11.8 Å². The van der Waals surface area contributed by atoms with Crippen molar-refractivity contribution in [1.82, 2.24) is 0 Å². The molecule has 0 bridgehead atoms. The Morgan fingerprint density at radius 1 is 0.812 bits per heavy atom. The Balaban J connectivity index is 2.23. The van der Waals surface area contributed by atoms with Crippen LogP contribution in [0, 0.1) is 13.8 Å². The van der Waals surface area contributed by atoms with Crippen molar-refractivity contribution >= 4 is 17.4 Å². The average Bonchev–Trinajstić information content (AvgIpc) is 2.20. The summed E-state index contributed by atoms with van der Waals surface area (Å²) in [5.74, 6) is 0. The molecule has 0 fully saturated rings. The second-order valence-electron chi connectivity index (χ2n) is 3.99. The average molecular weight is 229 g/mol. The van der Waals surface area contributed by atoms with E-state index in [1.807, 2.05) is 12.1 Å². The normalized spacial score (nSPS) is 10.4. The first kappa shape index (κ1) is 11.1. The highest BCUT2D eigenvalue weighted by molar-refractivity contribution is 7.99. The smallest absolute Gasteiger partial charge is 0.0328 e. The largest absolute Gasteiger partial charge is 0.399 e. The fourth-order valence-electron chi connectivity index (χ4n) is 1.58. The summed E-state index contributed by atoms with van der Waals surface area (Å²) in [6, 6.07) is 14.7. The van der Waals surface area contributed by atoms with Gasteiger partial charge in [-0.15, -0.1) is 0 Å². The fraction of sp³-hybridized carbons (Fsp3) is 0.143. The van der Waals surface area contributed by atoms with Crippen LogP contribution in [0.25, 0.3) is 0 Å². The molecule has 0 aliphatic heterocycles. The molecule has 0 heterocycles. The van der Waals surface area contributed by atoms with Crippen LogP contribution in [0.1, 0.15) is 11.1 Å². The quantitative estimate of drug-likeness (QED) is 0.787. The van der Waals surface area contributed by atoms with Gasteiger partial charge in [0.05, 0.1) is 0 Å². The van der Waals surface area contributed by atoms with Crippen LogP contribution >= 0.6 is 11.8 Å². The maximum Gasteiger partial charge on any atom is 0.0328 e. The number of benzene rings is 2. The van der Waals surface area contributed by atoms with Gasteiger partial charge in [0, 0.05) is 15.5 Å². The summed E-state index contributed by atoms with van der Waals surface area (Å²) >= 11 is 1.74. The predicted molar refractivity (Wildman–Crippen MR) is 70.9 cm³/mol.